The molecule has 0 aromatic carbocycles. The summed E-state index contributed by atoms with van der Waals surface area (Å²) in [5, 5.41) is 10.1. The minimum Gasteiger partial charge on any atom is -0.387 e. The van der Waals surface area contributed by atoms with E-state index in [4.69, 9.17) is 0 Å². The molecule has 0 saturated carbocycles. The van der Waals surface area contributed by atoms with Crippen LogP contribution in [0.5, 0.6) is 0 Å². The second-order valence-electron chi connectivity index (χ2n) is 6.21. The van der Waals surface area contributed by atoms with Gasteiger partial charge in [0.25, 0.3) is 0 Å². The van der Waals surface area contributed by atoms with Crippen LogP contribution in [-0.4, -0.2) is 59.1 Å². The molecule has 1 unspecified atom stereocenters. The van der Waals surface area contributed by atoms with Gasteiger partial charge in [0.1, 0.15) is 0 Å². The molecule has 2 heterocycles. The van der Waals surface area contributed by atoms with Crippen molar-refractivity contribution in [2.75, 3.05) is 32.7 Å². The van der Waals surface area contributed by atoms with Gasteiger partial charge in [-0.2, -0.15) is 0 Å². The fourth-order valence-corrected chi connectivity index (χ4v) is 3.23. The first kappa shape index (κ1) is 13.8. The zero-order valence-electron chi connectivity index (χ0n) is 11.7. The van der Waals surface area contributed by atoms with Crippen LogP contribution in [0.25, 0.3) is 0 Å². The monoisotopic (exact) mass is 254 g/mol. The molecule has 1 N–H and O–H groups in total. The molecule has 0 spiro atoms. The molecule has 4 heteroatoms. The van der Waals surface area contributed by atoms with Gasteiger partial charge in [-0.15, -0.1) is 0 Å². The van der Waals surface area contributed by atoms with E-state index in [2.05, 4.69) is 18.7 Å². The smallest absolute Gasteiger partial charge is 0.236 e. The summed E-state index contributed by atoms with van der Waals surface area (Å²) in [6.45, 7) is 7.93. The van der Waals surface area contributed by atoms with Gasteiger partial charge in [-0.3, -0.25) is 9.69 Å². The first-order valence-corrected chi connectivity index (χ1v) is 7.25. The van der Waals surface area contributed by atoms with Gasteiger partial charge in [-0.25, -0.2) is 0 Å². The Morgan fingerprint density at radius 2 is 2.17 bits per heavy atom. The number of carbonyl (C=O) groups is 1. The van der Waals surface area contributed by atoms with E-state index in [1.165, 1.54) is 6.42 Å². The average Bonchev–Trinajstić information content (AvgIpc) is 2.27. The molecule has 0 bridgehead atoms. The maximum Gasteiger partial charge on any atom is 0.236 e. The molecule has 1 amide bonds. The van der Waals surface area contributed by atoms with Crippen LogP contribution >= 0.6 is 0 Å². The van der Waals surface area contributed by atoms with E-state index in [9.17, 15) is 9.90 Å². The summed E-state index contributed by atoms with van der Waals surface area (Å²) in [5.41, 5.74) is -0.524. The van der Waals surface area contributed by atoms with Crippen LogP contribution in [0.2, 0.25) is 0 Å². The summed E-state index contributed by atoms with van der Waals surface area (Å²) in [4.78, 5) is 16.2. The summed E-state index contributed by atoms with van der Waals surface area (Å²) in [6, 6.07) is 0. The Labute approximate surface area is 110 Å². The molecule has 0 radical (unpaired) electrons. The Bertz CT molecular complexity index is 300. The van der Waals surface area contributed by atoms with E-state index in [-0.39, 0.29) is 5.91 Å². The molecule has 4 nitrogen and oxygen atoms in total. The Balaban J connectivity index is 1.73. The molecule has 0 aromatic rings. The maximum absolute atomic E-state index is 12.1. The van der Waals surface area contributed by atoms with E-state index in [0.717, 1.165) is 32.4 Å². The number of likely N-dealkylation sites (tertiary alicyclic amines) is 2. The van der Waals surface area contributed by atoms with Crippen molar-refractivity contribution in [3.63, 3.8) is 0 Å². The summed E-state index contributed by atoms with van der Waals surface area (Å²) in [5.74, 6) is 0.871. The van der Waals surface area contributed by atoms with Crippen molar-refractivity contribution in [2.24, 2.45) is 5.92 Å². The maximum atomic E-state index is 12.1. The first-order valence-electron chi connectivity index (χ1n) is 7.25. The molecule has 0 aromatic heterocycles. The molecule has 104 valence electrons. The largest absolute Gasteiger partial charge is 0.387 e. The number of hydrogen-bond acceptors (Lipinski definition) is 3. The van der Waals surface area contributed by atoms with Crippen molar-refractivity contribution in [3.8, 4) is 0 Å². The number of carbonyl (C=O) groups excluding carboxylic acids is 1. The third-order valence-electron chi connectivity index (χ3n) is 4.12. The van der Waals surface area contributed by atoms with Gasteiger partial charge in [0.15, 0.2) is 0 Å². The van der Waals surface area contributed by atoms with Gasteiger partial charge in [-0.05, 0) is 25.2 Å². The number of amides is 1. The number of hydrogen-bond donors (Lipinski definition) is 1. The number of β-amino-alcohol motifs (C(OH)–C–C–N with tert-alkyl or cyclic N) is 1. The van der Waals surface area contributed by atoms with Crippen LogP contribution in [0, 0.1) is 5.92 Å². The van der Waals surface area contributed by atoms with Crippen molar-refractivity contribution in [3.05, 3.63) is 0 Å². The van der Waals surface area contributed by atoms with Gasteiger partial charge >= 0.3 is 0 Å². The van der Waals surface area contributed by atoms with E-state index in [0.29, 0.717) is 25.6 Å². The minimum absolute atomic E-state index is 0.236. The van der Waals surface area contributed by atoms with Crippen LogP contribution < -0.4 is 0 Å². The van der Waals surface area contributed by atoms with Crippen molar-refractivity contribution in [1.29, 1.82) is 0 Å². The van der Waals surface area contributed by atoms with Gasteiger partial charge in [0.2, 0.25) is 5.91 Å². The van der Waals surface area contributed by atoms with Crippen LogP contribution in [0.15, 0.2) is 0 Å². The highest BCUT2D eigenvalue weighted by atomic mass is 16.3. The van der Waals surface area contributed by atoms with Crippen LogP contribution in [0.1, 0.15) is 39.5 Å². The topological polar surface area (TPSA) is 43.8 Å². The van der Waals surface area contributed by atoms with E-state index >= 15 is 0 Å². The predicted octanol–water partition coefficient (Wildman–Crippen LogP) is 1.09. The van der Waals surface area contributed by atoms with Crippen LogP contribution in [0.4, 0.5) is 0 Å². The molecule has 2 rings (SSSR count). The number of nitrogens with zero attached hydrogens (tertiary/aromatic N) is 2. The Hall–Kier alpha value is -0.610. The van der Waals surface area contributed by atoms with Gasteiger partial charge in [-0.1, -0.05) is 20.3 Å². The Morgan fingerprint density at radius 1 is 1.44 bits per heavy atom. The molecule has 2 aliphatic rings. The molecule has 1 atom stereocenters. The van der Waals surface area contributed by atoms with Crippen LogP contribution in [0.3, 0.4) is 0 Å². The lowest BCUT2D eigenvalue weighted by atomic mass is 9.89. The second-order valence-corrected chi connectivity index (χ2v) is 6.21. The fourth-order valence-electron chi connectivity index (χ4n) is 3.23. The SMILES string of the molecule is CCCC1(O)CN(CC(=O)N2CCCC(C)C2)C1. The first-order chi connectivity index (χ1) is 8.52. The highest BCUT2D eigenvalue weighted by molar-refractivity contribution is 5.78. The number of rotatable bonds is 4. The molecular weight excluding hydrogens is 228 g/mol. The van der Waals surface area contributed by atoms with Gasteiger partial charge < -0.3 is 10.0 Å². The van der Waals surface area contributed by atoms with E-state index < -0.39 is 5.60 Å². The normalized spacial score (nSPS) is 27.9. The molecule has 2 aliphatic heterocycles. The lowest BCUT2D eigenvalue weighted by Crippen LogP contribution is -2.63. The highest BCUT2D eigenvalue weighted by Crippen LogP contribution is 2.25. The van der Waals surface area contributed by atoms with Gasteiger partial charge in [0, 0.05) is 26.2 Å². The summed E-state index contributed by atoms with van der Waals surface area (Å²) in [7, 11) is 0. The molecular formula is C14H26N2O2. The molecule has 2 fully saturated rings. The van der Waals surface area contributed by atoms with Crippen molar-refractivity contribution in [2.45, 2.75) is 45.1 Å². The van der Waals surface area contributed by atoms with Crippen LogP contribution in [-0.2, 0) is 4.79 Å². The number of aliphatic hydroxyl groups is 1. The lowest BCUT2D eigenvalue weighted by molar-refractivity contribution is -0.144. The number of piperidine rings is 1. The molecule has 2 saturated heterocycles. The predicted molar refractivity (Wildman–Crippen MR) is 71.3 cm³/mol. The van der Waals surface area contributed by atoms with Crippen molar-refractivity contribution >= 4 is 5.91 Å². The highest BCUT2D eigenvalue weighted by Gasteiger charge is 2.41. The summed E-state index contributed by atoms with van der Waals surface area (Å²) in [6.07, 6.45) is 4.22. The van der Waals surface area contributed by atoms with Gasteiger partial charge in [0.05, 0.1) is 12.1 Å². The van der Waals surface area contributed by atoms with E-state index in [1.807, 2.05) is 4.90 Å². The quantitative estimate of drug-likeness (QED) is 0.817. The zero-order chi connectivity index (χ0) is 13.2. The molecule has 0 aliphatic carbocycles. The standard InChI is InChI=1S/C14H26N2O2/c1-3-6-14(18)10-15(11-14)9-13(17)16-7-4-5-12(2)8-16/h12,18H,3-11H2,1-2H3. The lowest BCUT2D eigenvalue weighted by Gasteiger charge is -2.47. The third kappa shape index (κ3) is 3.23. The summed E-state index contributed by atoms with van der Waals surface area (Å²) >= 11 is 0. The van der Waals surface area contributed by atoms with Crippen molar-refractivity contribution in [1.82, 2.24) is 9.80 Å². The Morgan fingerprint density at radius 3 is 2.78 bits per heavy atom. The minimum atomic E-state index is -0.524. The average molecular weight is 254 g/mol. The fraction of sp³-hybridized carbons (Fsp3) is 0.929. The second kappa shape index (κ2) is 5.57. The van der Waals surface area contributed by atoms with E-state index in [1.54, 1.807) is 0 Å². The zero-order valence-corrected chi connectivity index (χ0v) is 11.7. The third-order valence-corrected chi connectivity index (χ3v) is 4.12. The summed E-state index contributed by atoms with van der Waals surface area (Å²) < 4.78 is 0. The Kier molecular flexibility index (Phi) is 4.28. The van der Waals surface area contributed by atoms with Crippen molar-refractivity contribution < 1.29 is 9.90 Å². The molecule has 18 heavy (non-hydrogen) atoms.